The molecule has 1 aliphatic rings. The zero-order valence-electron chi connectivity index (χ0n) is 20.3. The van der Waals surface area contributed by atoms with Crippen LogP contribution in [0.15, 0.2) is 60.7 Å². The molecule has 0 saturated heterocycles. The monoisotopic (exact) mass is 462 g/mol. The third kappa shape index (κ3) is 6.62. The largest absolute Gasteiger partial charge is 0.453 e. The molecular formula is C27H34N4O3. The SMILES string of the molecule is CC(C)C(OC(=O)C(=[N+]=[N-])C(C1CC1)N(Cc1ccccc1)NC(=O)c1ccccc1)C(C)C. The number of nitrogens with zero attached hydrogens (tertiary/aromatic N) is 3. The maximum atomic E-state index is 13.2. The second kappa shape index (κ2) is 11.7. The van der Waals surface area contributed by atoms with Crippen molar-refractivity contribution in [2.75, 3.05) is 0 Å². The summed E-state index contributed by atoms with van der Waals surface area (Å²) < 4.78 is 5.81. The van der Waals surface area contributed by atoms with Crippen molar-refractivity contribution in [3.8, 4) is 0 Å². The molecule has 0 bridgehead atoms. The van der Waals surface area contributed by atoms with Crippen molar-refractivity contribution in [2.45, 2.75) is 59.2 Å². The van der Waals surface area contributed by atoms with Gasteiger partial charge in [-0.05, 0) is 48.3 Å². The van der Waals surface area contributed by atoms with Crippen molar-refractivity contribution in [3.05, 3.63) is 77.3 Å². The minimum atomic E-state index is -0.654. The molecule has 1 amide bonds. The number of hydrogen-bond donors (Lipinski definition) is 1. The van der Waals surface area contributed by atoms with E-state index in [0.717, 1.165) is 18.4 Å². The van der Waals surface area contributed by atoms with Crippen LogP contribution < -0.4 is 5.43 Å². The first-order chi connectivity index (χ1) is 16.3. The van der Waals surface area contributed by atoms with Gasteiger partial charge in [0.05, 0.1) is 0 Å². The summed E-state index contributed by atoms with van der Waals surface area (Å²) in [5.41, 5.74) is 14.3. The molecule has 34 heavy (non-hydrogen) atoms. The van der Waals surface area contributed by atoms with Crippen LogP contribution in [0.5, 0.6) is 0 Å². The maximum absolute atomic E-state index is 13.2. The Hall–Kier alpha value is -3.28. The Bertz CT molecular complexity index is 1000. The molecule has 0 heterocycles. The number of nitrogens with one attached hydrogen (secondary N) is 1. The van der Waals surface area contributed by atoms with Gasteiger partial charge < -0.3 is 10.3 Å². The van der Waals surface area contributed by atoms with Gasteiger partial charge in [0.2, 0.25) is 0 Å². The van der Waals surface area contributed by atoms with Crippen LogP contribution in [0, 0.1) is 17.8 Å². The Labute approximate surface area is 201 Å². The van der Waals surface area contributed by atoms with Gasteiger partial charge >= 0.3 is 11.7 Å². The van der Waals surface area contributed by atoms with E-state index in [2.05, 4.69) is 10.2 Å². The predicted molar refractivity (Wildman–Crippen MR) is 131 cm³/mol. The van der Waals surface area contributed by atoms with Crippen LogP contribution in [0.4, 0.5) is 0 Å². The van der Waals surface area contributed by atoms with Crippen LogP contribution in [0.3, 0.4) is 0 Å². The quantitative estimate of drug-likeness (QED) is 0.175. The van der Waals surface area contributed by atoms with Crippen molar-refractivity contribution in [1.29, 1.82) is 0 Å². The molecule has 1 N–H and O–H groups in total. The first kappa shape index (κ1) is 25.3. The number of hydrogen-bond acceptors (Lipinski definition) is 4. The van der Waals surface area contributed by atoms with Crippen LogP contribution in [0.1, 0.15) is 56.5 Å². The number of hydrazine groups is 1. The lowest BCUT2D eigenvalue weighted by atomic mass is 9.96. The molecule has 1 saturated carbocycles. The molecule has 0 radical (unpaired) electrons. The van der Waals surface area contributed by atoms with Gasteiger partial charge in [0, 0.05) is 12.1 Å². The van der Waals surface area contributed by atoms with Crippen molar-refractivity contribution >= 4 is 17.6 Å². The highest BCUT2D eigenvalue weighted by Gasteiger charge is 2.48. The molecule has 0 spiro atoms. The second-order valence-corrected chi connectivity index (χ2v) is 9.55. The third-order valence-corrected chi connectivity index (χ3v) is 6.04. The molecule has 180 valence electrons. The van der Waals surface area contributed by atoms with E-state index in [-0.39, 0.29) is 35.5 Å². The smallest absolute Gasteiger partial charge is 0.419 e. The van der Waals surface area contributed by atoms with Gasteiger partial charge in [0.25, 0.3) is 5.91 Å². The van der Waals surface area contributed by atoms with Gasteiger partial charge in [-0.1, -0.05) is 76.2 Å². The summed E-state index contributed by atoms with van der Waals surface area (Å²) >= 11 is 0. The molecule has 1 atom stereocenters. The lowest BCUT2D eigenvalue weighted by molar-refractivity contribution is -0.151. The summed E-state index contributed by atoms with van der Waals surface area (Å²) in [7, 11) is 0. The number of esters is 1. The Morgan fingerprint density at radius 2 is 1.56 bits per heavy atom. The van der Waals surface area contributed by atoms with E-state index in [9.17, 15) is 15.1 Å². The lowest BCUT2D eigenvalue weighted by Gasteiger charge is -2.30. The van der Waals surface area contributed by atoms with Crippen LogP contribution in [-0.4, -0.2) is 39.5 Å². The van der Waals surface area contributed by atoms with Crippen LogP contribution in [-0.2, 0) is 16.1 Å². The number of ether oxygens (including phenoxy) is 1. The molecule has 2 aromatic carbocycles. The van der Waals surface area contributed by atoms with Crippen molar-refractivity contribution in [2.24, 2.45) is 17.8 Å². The summed E-state index contributed by atoms with van der Waals surface area (Å²) in [6.07, 6.45) is 1.41. The first-order valence-corrected chi connectivity index (χ1v) is 11.9. The second-order valence-electron chi connectivity index (χ2n) is 9.55. The normalized spacial score (nSPS) is 14.2. The standard InChI is InChI=1S/C27H34N4O3/c1-18(2)25(19(3)4)34-27(33)23(29-28)24(21-15-16-21)31(17-20-11-7-5-8-12-20)30-26(32)22-13-9-6-10-14-22/h5-14,18-19,21,24-25H,15-17H2,1-4H3,(H,30,32). The van der Waals surface area contributed by atoms with Gasteiger partial charge in [-0.2, -0.15) is 4.79 Å². The summed E-state index contributed by atoms with van der Waals surface area (Å²) in [5.74, 6) is -0.661. The number of rotatable bonds is 11. The molecule has 7 heteroatoms. The molecule has 7 nitrogen and oxygen atoms in total. The van der Waals surface area contributed by atoms with Gasteiger partial charge in [-0.15, -0.1) is 0 Å². The van der Waals surface area contributed by atoms with E-state index >= 15 is 0 Å². The Morgan fingerprint density at radius 3 is 2.06 bits per heavy atom. The van der Waals surface area contributed by atoms with E-state index in [1.807, 2.05) is 64.1 Å². The number of amides is 1. The molecular weight excluding hydrogens is 428 g/mol. The molecule has 0 aromatic heterocycles. The highest BCUT2D eigenvalue weighted by molar-refractivity contribution is 6.36. The van der Waals surface area contributed by atoms with Crippen LogP contribution >= 0.6 is 0 Å². The summed E-state index contributed by atoms with van der Waals surface area (Å²) in [6, 6.07) is 17.9. The van der Waals surface area contributed by atoms with Gasteiger partial charge in [0.15, 0.2) is 0 Å². The third-order valence-electron chi connectivity index (χ3n) is 6.04. The van der Waals surface area contributed by atoms with Crippen LogP contribution in [0.2, 0.25) is 0 Å². The topological polar surface area (TPSA) is 95.0 Å². The van der Waals surface area contributed by atoms with Crippen molar-refractivity contribution in [3.63, 3.8) is 0 Å². The van der Waals surface area contributed by atoms with E-state index < -0.39 is 12.0 Å². The molecule has 1 aliphatic carbocycles. The van der Waals surface area contributed by atoms with Gasteiger partial charge in [-0.25, -0.2) is 9.80 Å². The number of carbonyl (C=O) groups excluding carboxylic acids is 2. The van der Waals surface area contributed by atoms with E-state index in [0.29, 0.717) is 12.1 Å². The number of benzene rings is 2. The average molecular weight is 463 g/mol. The molecule has 1 unspecified atom stereocenters. The van der Waals surface area contributed by atoms with E-state index in [1.165, 1.54) is 0 Å². The zero-order valence-corrected chi connectivity index (χ0v) is 20.3. The fourth-order valence-electron chi connectivity index (χ4n) is 4.26. The minimum Gasteiger partial charge on any atom is -0.453 e. The highest BCUT2D eigenvalue weighted by atomic mass is 16.5. The Kier molecular flexibility index (Phi) is 8.74. The Balaban J connectivity index is 1.92. The fraction of sp³-hybridized carbons (Fsp3) is 0.444. The lowest BCUT2D eigenvalue weighted by Crippen LogP contribution is -2.55. The van der Waals surface area contributed by atoms with E-state index in [4.69, 9.17) is 4.74 Å². The van der Waals surface area contributed by atoms with Gasteiger partial charge in [-0.3, -0.25) is 10.2 Å². The summed E-state index contributed by atoms with van der Waals surface area (Å²) in [4.78, 5) is 29.7. The molecule has 2 aromatic rings. The van der Waals surface area contributed by atoms with Crippen LogP contribution in [0.25, 0.3) is 5.53 Å². The van der Waals surface area contributed by atoms with Gasteiger partial charge in [0.1, 0.15) is 12.1 Å². The summed E-state index contributed by atoms with van der Waals surface area (Å²) in [5, 5.41) is 1.71. The zero-order chi connectivity index (χ0) is 24.7. The number of carbonyl (C=O) groups is 2. The summed E-state index contributed by atoms with van der Waals surface area (Å²) in [6.45, 7) is 8.31. The first-order valence-electron chi connectivity index (χ1n) is 11.9. The van der Waals surface area contributed by atoms with E-state index in [1.54, 1.807) is 29.3 Å². The molecule has 1 fully saturated rings. The minimum absolute atomic E-state index is 0.0646. The predicted octanol–water partition coefficient (Wildman–Crippen LogP) is 4.51. The fourth-order valence-corrected chi connectivity index (χ4v) is 4.26. The van der Waals surface area contributed by atoms with Crippen molar-refractivity contribution < 1.29 is 19.1 Å². The average Bonchev–Trinajstić information content (AvgIpc) is 3.66. The maximum Gasteiger partial charge on any atom is 0.419 e. The Morgan fingerprint density at radius 1 is 1.00 bits per heavy atom. The molecule has 3 rings (SSSR count). The van der Waals surface area contributed by atoms with Crippen molar-refractivity contribution in [1.82, 2.24) is 10.4 Å². The highest BCUT2D eigenvalue weighted by Crippen LogP contribution is 2.36. The molecule has 0 aliphatic heterocycles.